The Kier molecular flexibility index (Phi) is 2.48. The maximum Gasteiger partial charge on any atom is 0.0971 e. The van der Waals surface area contributed by atoms with Crippen LogP contribution < -0.4 is 0 Å². The number of hydrogen-bond acceptors (Lipinski definition) is 1. The van der Waals surface area contributed by atoms with E-state index in [1.54, 1.807) is 6.92 Å². The minimum atomic E-state index is -0.618. The number of alkyl halides is 1. The van der Waals surface area contributed by atoms with E-state index in [9.17, 15) is 5.11 Å². The molecule has 74 valence electrons. The molecule has 0 aliphatic heterocycles. The summed E-state index contributed by atoms with van der Waals surface area (Å²) in [7, 11) is 0. The maximum atomic E-state index is 9.83. The largest absolute Gasteiger partial charge is 0.387 e. The van der Waals surface area contributed by atoms with Crippen molar-refractivity contribution in [2.45, 2.75) is 18.4 Å². The minimum Gasteiger partial charge on any atom is -0.387 e. The van der Waals surface area contributed by atoms with E-state index in [0.29, 0.717) is 0 Å². The predicted molar refractivity (Wildman–Crippen MR) is 58.6 cm³/mol. The molecule has 2 nitrogen and oxygen atoms in total. The van der Waals surface area contributed by atoms with Crippen molar-refractivity contribution >= 4 is 22.5 Å². The first-order valence-corrected chi connectivity index (χ1v) is 5.02. The van der Waals surface area contributed by atoms with Crippen LogP contribution in [0.4, 0.5) is 0 Å². The number of para-hydroxylation sites is 1. The molecule has 2 atom stereocenters. The number of halogens is 1. The van der Waals surface area contributed by atoms with Crippen molar-refractivity contribution < 1.29 is 5.11 Å². The Balaban J connectivity index is 2.53. The van der Waals surface area contributed by atoms with Crippen LogP contribution in [0.5, 0.6) is 0 Å². The zero-order valence-electron chi connectivity index (χ0n) is 7.87. The van der Waals surface area contributed by atoms with E-state index in [4.69, 9.17) is 11.6 Å². The molecular formula is C11H12ClNO. The monoisotopic (exact) mass is 209 g/mol. The van der Waals surface area contributed by atoms with Crippen molar-refractivity contribution in [3.05, 3.63) is 36.0 Å². The molecule has 1 aromatic carbocycles. The number of rotatable bonds is 2. The van der Waals surface area contributed by atoms with Gasteiger partial charge in [-0.05, 0) is 13.0 Å². The number of aromatic amines is 1. The Hall–Kier alpha value is -0.990. The van der Waals surface area contributed by atoms with Crippen LogP contribution in [0, 0.1) is 0 Å². The lowest BCUT2D eigenvalue weighted by molar-refractivity contribution is 0.179. The average Bonchev–Trinajstić information content (AvgIpc) is 2.60. The van der Waals surface area contributed by atoms with Gasteiger partial charge in [-0.2, -0.15) is 0 Å². The highest BCUT2D eigenvalue weighted by Gasteiger charge is 2.17. The Morgan fingerprint density at radius 2 is 2.07 bits per heavy atom. The van der Waals surface area contributed by atoms with Crippen molar-refractivity contribution in [2.75, 3.05) is 0 Å². The Morgan fingerprint density at radius 1 is 1.36 bits per heavy atom. The predicted octanol–water partition coefficient (Wildman–Crippen LogP) is 2.83. The molecule has 0 fully saturated rings. The summed E-state index contributed by atoms with van der Waals surface area (Å²) in [4.78, 5) is 3.11. The van der Waals surface area contributed by atoms with Gasteiger partial charge in [0, 0.05) is 22.7 Å². The van der Waals surface area contributed by atoms with Crippen molar-refractivity contribution in [3.63, 3.8) is 0 Å². The number of aliphatic hydroxyl groups excluding tert-OH is 1. The lowest BCUT2D eigenvalue weighted by Crippen LogP contribution is -2.07. The smallest absolute Gasteiger partial charge is 0.0971 e. The van der Waals surface area contributed by atoms with E-state index in [2.05, 4.69) is 4.98 Å². The molecule has 0 aliphatic carbocycles. The number of benzene rings is 1. The summed E-state index contributed by atoms with van der Waals surface area (Å²) >= 11 is 5.86. The highest BCUT2D eigenvalue weighted by atomic mass is 35.5. The molecule has 1 heterocycles. The van der Waals surface area contributed by atoms with E-state index >= 15 is 0 Å². The van der Waals surface area contributed by atoms with Gasteiger partial charge in [0.1, 0.15) is 0 Å². The summed E-state index contributed by atoms with van der Waals surface area (Å²) in [6.45, 7) is 1.79. The molecule has 0 aliphatic rings. The molecule has 0 radical (unpaired) electrons. The third-order valence-corrected chi connectivity index (χ3v) is 2.61. The third-order valence-electron chi connectivity index (χ3n) is 2.37. The Bertz CT molecular complexity index is 436. The molecule has 2 N–H and O–H groups in total. The second-order valence-electron chi connectivity index (χ2n) is 3.41. The average molecular weight is 210 g/mol. The molecule has 1 unspecified atom stereocenters. The van der Waals surface area contributed by atoms with Crippen LogP contribution in [-0.2, 0) is 0 Å². The molecule has 14 heavy (non-hydrogen) atoms. The van der Waals surface area contributed by atoms with Crippen LogP contribution in [0.25, 0.3) is 10.9 Å². The van der Waals surface area contributed by atoms with Crippen molar-refractivity contribution in [1.29, 1.82) is 0 Å². The Morgan fingerprint density at radius 3 is 2.79 bits per heavy atom. The quantitative estimate of drug-likeness (QED) is 0.734. The lowest BCUT2D eigenvalue weighted by Gasteiger charge is -2.11. The van der Waals surface area contributed by atoms with Gasteiger partial charge in [-0.1, -0.05) is 18.2 Å². The third kappa shape index (κ3) is 1.51. The van der Waals surface area contributed by atoms with Crippen LogP contribution in [0.15, 0.2) is 30.5 Å². The Labute approximate surface area is 87.5 Å². The first-order chi connectivity index (χ1) is 6.70. The van der Waals surface area contributed by atoms with Gasteiger partial charge in [0.25, 0.3) is 0 Å². The number of nitrogens with one attached hydrogen (secondary N) is 1. The number of aliphatic hydroxyl groups is 1. The molecule has 0 saturated heterocycles. The zero-order chi connectivity index (χ0) is 10.1. The molecule has 2 rings (SSSR count). The molecule has 1 aromatic heterocycles. The standard InChI is InChI=1S/C11H12ClNO/c1-7(12)11(14)9-6-13-10-5-3-2-4-8(9)10/h2-7,11,13-14H,1H3/t7-,11?/m0/s1. The summed E-state index contributed by atoms with van der Waals surface area (Å²) < 4.78 is 0. The SMILES string of the molecule is C[C@H](Cl)C(O)c1c[nH]c2ccccc12. The topological polar surface area (TPSA) is 36.0 Å². The van der Waals surface area contributed by atoms with Gasteiger partial charge in [0.15, 0.2) is 0 Å². The van der Waals surface area contributed by atoms with E-state index in [-0.39, 0.29) is 5.38 Å². The molecule has 3 heteroatoms. The summed E-state index contributed by atoms with van der Waals surface area (Å²) in [6.07, 6.45) is 1.20. The van der Waals surface area contributed by atoms with Gasteiger partial charge in [-0.3, -0.25) is 0 Å². The molecule has 0 amide bonds. The highest BCUT2D eigenvalue weighted by molar-refractivity contribution is 6.20. The summed E-state index contributed by atoms with van der Waals surface area (Å²) in [5.41, 5.74) is 1.89. The van der Waals surface area contributed by atoms with Gasteiger partial charge in [-0.15, -0.1) is 11.6 Å². The first kappa shape index (κ1) is 9.56. The highest BCUT2D eigenvalue weighted by Crippen LogP contribution is 2.27. The van der Waals surface area contributed by atoms with E-state index in [0.717, 1.165) is 16.5 Å². The minimum absolute atomic E-state index is 0.283. The molecule has 0 saturated carbocycles. The molecule has 0 bridgehead atoms. The fourth-order valence-corrected chi connectivity index (χ4v) is 1.72. The fraction of sp³-hybridized carbons (Fsp3) is 0.273. The van der Waals surface area contributed by atoms with Crippen LogP contribution in [0.1, 0.15) is 18.6 Å². The maximum absolute atomic E-state index is 9.83. The number of fused-ring (bicyclic) bond motifs is 1. The van der Waals surface area contributed by atoms with Crippen LogP contribution in [0.2, 0.25) is 0 Å². The van der Waals surface area contributed by atoms with Gasteiger partial charge >= 0.3 is 0 Å². The van der Waals surface area contributed by atoms with Gasteiger partial charge in [0.05, 0.1) is 11.5 Å². The van der Waals surface area contributed by atoms with Gasteiger partial charge in [-0.25, -0.2) is 0 Å². The number of aromatic nitrogens is 1. The summed E-state index contributed by atoms with van der Waals surface area (Å²) in [5, 5.41) is 10.6. The second kappa shape index (κ2) is 3.64. The van der Waals surface area contributed by atoms with Gasteiger partial charge < -0.3 is 10.1 Å². The normalized spacial score (nSPS) is 15.6. The molecular weight excluding hydrogens is 198 g/mol. The van der Waals surface area contributed by atoms with Crippen LogP contribution >= 0.6 is 11.6 Å². The van der Waals surface area contributed by atoms with E-state index < -0.39 is 6.10 Å². The first-order valence-electron chi connectivity index (χ1n) is 4.58. The van der Waals surface area contributed by atoms with Crippen LogP contribution in [-0.4, -0.2) is 15.5 Å². The van der Waals surface area contributed by atoms with Crippen LogP contribution in [0.3, 0.4) is 0 Å². The second-order valence-corrected chi connectivity index (χ2v) is 4.10. The molecule has 0 spiro atoms. The number of hydrogen-bond donors (Lipinski definition) is 2. The van der Waals surface area contributed by atoms with E-state index in [1.165, 1.54) is 0 Å². The van der Waals surface area contributed by atoms with Crippen molar-refractivity contribution in [1.82, 2.24) is 4.98 Å². The zero-order valence-corrected chi connectivity index (χ0v) is 8.62. The van der Waals surface area contributed by atoms with Crippen molar-refractivity contribution in [2.24, 2.45) is 0 Å². The number of H-pyrrole nitrogens is 1. The fourth-order valence-electron chi connectivity index (χ4n) is 1.59. The summed E-state index contributed by atoms with van der Waals surface area (Å²) in [5.74, 6) is 0. The molecule has 2 aromatic rings. The summed E-state index contributed by atoms with van der Waals surface area (Å²) in [6, 6.07) is 7.86. The van der Waals surface area contributed by atoms with E-state index in [1.807, 2.05) is 30.5 Å². The van der Waals surface area contributed by atoms with Gasteiger partial charge in [0.2, 0.25) is 0 Å². The lowest BCUT2D eigenvalue weighted by atomic mass is 10.1. The van der Waals surface area contributed by atoms with Crippen molar-refractivity contribution in [3.8, 4) is 0 Å².